The van der Waals surface area contributed by atoms with Crippen LogP contribution in [0.25, 0.3) is 0 Å². The van der Waals surface area contributed by atoms with Gasteiger partial charge in [-0.15, -0.1) is 12.6 Å². The van der Waals surface area contributed by atoms with Gasteiger partial charge in [0.15, 0.2) is 0 Å². The Kier molecular flexibility index (Phi) is 7.25. The van der Waals surface area contributed by atoms with Crippen molar-refractivity contribution in [1.82, 2.24) is 0 Å². The maximum Gasteiger partial charge on any atom is 1.00 e. The molecule has 0 fully saturated rings. The first-order valence-corrected chi connectivity index (χ1v) is 11.3. The predicted octanol–water partition coefficient (Wildman–Crippen LogP) is -1.24. The predicted molar refractivity (Wildman–Crippen MR) is 72.8 cm³/mol. The van der Waals surface area contributed by atoms with Crippen molar-refractivity contribution >= 4 is 71.8 Å². The number of hydrogen-bond acceptors (Lipinski definition) is 7. The van der Waals surface area contributed by atoms with Gasteiger partial charge < -0.3 is 0 Å². The molecule has 0 aromatic heterocycles. The van der Waals surface area contributed by atoms with Gasteiger partial charge in [-0.05, 0) is 12.1 Å². The fraction of sp³-hybridized carbons (Fsp3) is 0. The van der Waals surface area contributed by atoms with Crippen molar-refractivity contribution in [1.29, 1.82) is 0 Å². The summed E-state index contributed by atoms with van der Waals surface area (Å²) in [6, 6.07) is 1.16. The van der Waals surface area contributed by atoms with E-state index in [1.54, 1.807) is 0 Å². The summed E-state index contributed by atoms with van der Waals surface area (Å²) in [5.41, 5.74) is 0. The second-order valence-electron chi connectivity index (χ2n) is 3.08. The standard InChI is InChI=1S/C6H3Cl3O6S4.Na/c7-17(10,11)3-1-4(18(8,12)13)6(16)5(2-3)19(9,14)15;/h1-2,16H;/q;+1. The number of rotatable bonds is 3. The van der Waals surface area contributed by atoms with Crippen molar-refractivity contribution in [3.63, 3.8) is 0 Å². The van der Waals surface area contributed by atoms with Crippen LogP contribution in [0.5, 0.6) is 0 Å². The third-order valence-electron chi connectivity index (χ3n) is 1.82. The van der Waals surface area contributed by atoms with Crippen LogP contribution in [0.4, 0.5) is 0 Å². The van der Waals surface area contributed by atoms with Crippen LogP contribution in [0, 0.1) is 0 Å². The Morgan fingerprint density at radius 3 is 1.25 bits per heavy atom. The second-order valence-corrected chi connectivity index (χ2v) is 11.2. The Balaban J connectivity index is 0.00000361. The molecule has 20 heavy (non-hydrogen) atoms. The Hall–Kier alpha value is 1.29. The normalized spacial score (nSPS) is 12.8. The molecule has 0 bridgehead atoms. The van der Waals surface area contributed by atoms with Gasteiger partial charge in [-0.1, -0.05) is 0 Å². The zero-order valence-corrected chi connectivity index (χ0v) is 17.0. The number of halogens is 3. The average molecular weight is 429 g/mol. The molecular weight excluding hydrogens is 426 g/mol. The summed E-state index contributed by atoms with van der Waals surface area (Å²) in [5, 5.41) is 0. The monoisotopic (exact) mass is 427 g/mol. The first-order valence-electron chi connectivity index (χ1n) is 3.95. The van der Waals surface area contributed by atoms with Crippen LogP contribution in [0.15, 0.2) is 31.7 Å². The molecule has 0 N–H and O–H groups in total. The summed E-state index contributed by atoms with van der Waals surface area (Å²) in [7, 11) is 1.85. The van der Waals surface area contributed by atoms with Crippen LogP contribution in [-0.2, 0) is 27.2 Å². The number of benzene rings is 1. The molecule has 14 heteroatoms. The Morgan fingerprint density at radius 1 is 0.750 bits per heavy atom. The molecule has 0 aliphatic carbocycles. The molecular formula is C6H3Cl3NaO6S4+. The smallest absolute Gasteiger partial charge is 0.207 e. The van der Waals surface area contributed by atoms with Gasteiger partial charge in [-0.25, -0.2) is 25.3 Å². The molecule has 0 unspecified atom stereocenters. The minimum Gasteiger partial charge on any atom is -0.207 e. The van der Waals surface area contributed by atoms with E-state index in [4.69, 9.17) is 32.0 Å². The summed E-state index contributed by atoms with van der Waals surface area (Å²) in [6.45, 7) is 0. The van der Waals surface area contributed by atoms with E-state index < -0.39 is 46.7 Å². The Labute approximate surface area is 156 Å². The van der Waals surface area contributed by atoms with Gasteiger partial charge in [0.05, 0.1) is 14.7 Å². The molecule has 1 aromatic carbocycles. The summed E-state index contributed by atoms with van der Waals surface area (Å²) in [4.78, 5) is -3.06. The molecule has 0 saturated heterocycles. The number of hydrogen-bond donors (Lipinski definition) is 1. The van der Waals surface area contributed by atoms with Gasteiger partial charge >= 0.3 is 29.6 Å². The molecule has 108 valence electrons. The van der Waals surface area contributed by atoms with Crippen molar-refractivity contribution < 1.29 is 54.8 Å². The van der Waals surface area contributed by atoms with E-state index in [0.29, 0.717) is 12.1 Å². The van der Waals surface area contributed by atoms with E-state index in [9.17, 15) is 25.3 Å². The minimum absolute atomic E-state index is 0. The molecule has 0 atom stereocenters. The van der Waals surface area contributed by atoms with Gasteiger partial charge in [0, 0.05) is 36.9 Å². The van der Waals surface area contributed by atoms with Gasteiger partial charge in [0.2, 0.25) is 0 Å². The SMILES string of the molecule is O=S(=O)(Cl)c1cc(S(=O)(=O)Cl)c(S)c(S(=O)(=O)Cl)c1.[Na+]. The molecule has 1 aromatic rings. The molecule has 0 amide bonds. The van der Waals surface area contributed by atoms with Crippen LogP contribution >= 0.6 is 44.7 Å². The fourth-order valence-corrected chi connectivity index (χ4v) is 5.19. The summed E-state index contributed by atoms with van der Waals surface area (Å²) < 4.78 is 67.3. The van der Waals surface area contributed by atoms with E-state index in [1.165, 1.54) is 0 Å². The zero-order valence-electron chi connectivity index (χ0n) is 9.41. The van der Waals surface area contributed by atoms with E-state index in [1.807, 2.05) is 0 Å². The molecule has 6 nitrogen and oxygen atoms in total. The summed E-state index contributed by atoms with van der Waals surface area (Å²) in [5.74, 6) is 0. The molecule has 0 spiro atoms. The van der Waals surface area contributed by atoms with E-state index >= 15 is 0 Å². The molecule has 0 radical (unpaired) electrons. The van der Waals surface area contributed by atoms with Crippen LogP contribution in [0.3, 0.4) is 0 Å². The van der Waals surface area contributed by atoms with Gasteiger partial charge in [-0.3, -0.25) is 0 Å². The number of thiol groups is 1. The van der Waals surface area contributed by atoms with Crippen LogP contribution in [-0.4, -0.2) is 25.3 Å². The van der Waals surface area contributed by atoms with Crippen LogP contribution in [0.2, 0.25) is 0 Å². The minimum atomic E-state index is -4.45. The zero-order chi connectivity index (χ0) is 15.2. The third-order valence-corrected chi connectivity index (χ3v) is 6.63. The first kappa shape index (κ1) is 21.3. The second kappa shape index (κ2) is 6.81. The Bertz CT molecular complexity index is 792. The fourth-order valence-electron chi connectivity index (χ4n) is 1.07. The van der Waals surface area contributed by atoms with Crippen molar-refractivity contribution in [2.24, 2.45) is 0 Å². The quantitative estimate of drug-likeness (QED) is 0.367. The van der Waals surface area contributed by atoms with E-state index in [-0.39, 0.29) is 29.6 Å². The average Bonchev–Trinajstić information content (AvgIpc) is 2.11. The third kappa shape index (κ3) is 5.18. The van der Waals surface area contributed by atoms with Crippen LogP contribution in [0.1, 0.15) is 0 Å². The Morgan fingerprint density at radius 2 is 1.05 bits per heavy atom. The largest absolute Gasteiger partial charge is 1.00 e. The van der Waals surface area contributed by atoms with E-state index in [2.05, 4.69) is 12.6 Å². The molecule has 0 saturated carbocycles. The first-order chi connectivity index (χ1) is 8.24. The van der Waals surface area contributed by atoms with Crippen molar-refractivity contribution in [3.8, 4) is 0 Å². The van der Waals surface area contributed by atoms with Gasteiger partial charge in [0.1, 0.15) is 0 Å². The van der Waals surface area contributed by atoms with Crippen molar-refractivity contribution in [2.45, 2.75) is 19.6 Å². The molecule has 0 aliphatic heterocycles. The van der Waals surface area contributed by atoms with Crippen molar-refractivity contribution in [3.05, 3.63) is 12.1 Å². The molecule has 0 heterocycles. The van der Waals surface area contributed by atoms with Crippen LogP contribution < -0.4 is 29.6 Å². The molecule has 0 aliphatic rings. The molecule has 1 rings (SSSR count). The summed E-state index contributed by atoms with van der Waals surface area (Å²) in [6.07, 6.45) is 0. The maximum absolute atomic E-state index is 11.3. The summed E-state index contributed by atoms with van der Waals surface area (Å²) >= 11 is 3.68. The van der Waals surface area contributed by atoms with Gasteiger partial charge in [-0.2, -0.15) is 0 Å². The van der Waals surface area contributed by atoms with Gasteiger partial charge in [0.25, 0.3) is 27.2 Å². The van der Waals surface area contributed by atoms with Crippen molar-refractivity contribution in [2.75, 3.05) is 0 Å². The van der Waals surface area contributed by atoms with E-state index in [0.717, 1.165) is 0 Å². The maximum atomic E-state index is 11.3. The topological polar surface area (TPSA) is 102 Å².